The minimum atomic E-state index is -1.07. The molecule has 1 aromatic rings. The number of rotatable bonds is 4. The summed E-state index contributed by atoms with van der Waals surface area (Å²) in [5, 5.41) is 11.5. The van der Waals surface area contributed by atoms with Gasteiger partial charge in [-0.2, -0.15) is 0 Å². The van der Waals surface area contributed by atoms with Gasteiger partial charge in [-0.1, -0.05) is 6.07 Å². The molecule has 1 aromatic heterocycles. The van der Waals surface area contributed by atoms with Crippen molar-refractivity contribution in [3.8, 4) is 0 Å². The summed E-state index contributed by atoms with van der Waals surface area (Å²) >= 11 is 0. The van der Waals surface area contributed by atoms with Crippen molar-refractivity contribution in [1.82, 2.24) is 10.3 Å². The van der Waals surface area contributed by atoms with E-state index in [4.69, 9.17) is 9.84 Å². The molecule has 1 aliphatic rings. The number of hydrogen-bond donors (Lipinski definition) is 2. The van der Waals surface area contributed by atoms with Crippen LogP contribution in [0.1, 0.15) is 29.4 Å². The Hall–Kier alpha value is -2.21. The van der Waals surface area contributed by atoms with Crippen LogP contribution in [0.4, 0.5) is 0 Å². The van der Waals surface area contributed by atoms with Crippen LogP contribution in [-0.4, -0.2) is 40.7 Å². The Morgan fingerprint density at radius 1 is 1.55 bits per heavy atom. The van der Waals surface area contributed by atoms with E-state index in [1.54, 1.807) is 12.1 Å². The van der Waals surface area contributed by atoms with E-state index < -0.39 is 5.97 Å². The molecule has 2 atom stereocenters. The smallest absolute Gasteiger partial charge is 0.328 e. The van der Waals surface area contributed by atoms with E-state index in [1.165, 1.54) is 12.3 Å². The Balaban J connectivity index is 2.15. The maximum Gasteiger partial charge on any atom is 0.328 e. The molecule has 0 saturated carbocycles. The van der Waals surface area contributed by atoms with Gasteiger partial charge in [-0.15, -0.1) is 0 Å². The van der Waals surface area contributed by atoms with E-state index in [-0.39, 0.29) is 23.7 Å². The lowest BCUT2D eigenvalue weighted by molar-refractivity contribution is -0.131. The Bertz CT molecular complexity index is 542. The molecule has 6 nitrogen and oxygen atoms in total. The van der Waals surface area contributed by atoms with E-state index in [0.717, 1.165) is 12.5 Å². The highest BCUT2D eigenvalue weighted by atomic mass is 16.5. The first kappa shape index (κ1) is 14.2. The molecule has 2 heterocycles. The molecule has 0 radical (unpaired) electrons. The molecule has 1 fully saturated rings. The molecule has 0 bridgehead atoms. The highest BCUT2D eigenvalue weighted by molar-refractivity contribution is 5.97. The molecule has 1 amide bonds. The van der Waals surface area contributed by atoms with Crippen molar-refractivity contribution in [1.29, 1.82) is 0 Å². The van der Waals surface area contributed by atoms with Crippen molar-refractivity contribution in [2.45, 2.75) is 25.5 Å². The van der Waals surface area contributed by atoms with Gasteiger partial charge in [0.2, 0.25) is 0 Å². The van der Waals surface area contributed by atoms with E-state index in [9.17, 15) is 9.59 Å². The zero-order valence-corrected chi connectivity index (χ0v) is 11.1. The quantitative estimate of drug-likeness (QED) is 0.803. The average molecular weight is 276 g/mol. The zero-order chi connectivity index (χ0) is 14.5. The van der Waals surface area contributed by atoms with Crippen LogP contribution in [0.25, 0.3) is 6.08 Å². The highest BCUT2D eigenvalue weighted by Gasteiger charge is 2.26. The molecule has 20 heavy (non-hydrogen) atoms. The summed E-state index contributed by atoms with van der Waals surface area (Å²) in [5.74, 6) is -1.39. The van der Waals surface area contributed by atoms with Crippen molar-refractivity contribution < 1.29 is 19.4 Å². The molecule has 0 aliphatic carbocycles. The minimum Gasteiger partial charge on any atom is -0.478 e. The number of nitrogens with zero attached hydrogens (tertiary/aromatic N) is 1. The lowest BCUT2D eigenvalue weighted by atomic mass is 10.1. The van der Waals surface area contributed by atoms with Crippen LogP contribution in [-0.2, 0) is 9.53 Å². The summed E-state index contributed by atoms with van der Waals surface area (Å²) in [7, 11) is 0. The monoisotopic (exact) mass is 276 g/mol. The van der Waals surface area contributed by atoms with Gasteiger partial charge >= 0.3 is 5.97 Å². The summed E-state index contributed by atoms with van der Waals surface area (Å²) in [5.41, 5.74) is 0.683. The van der Waals surface area contributed by atoms with Gasteiger partial charge in [-0.25, -0.2) is 4.79 Å². The molecular formula is C14H16N2O4. The predicted molar refractivity (Wildman–Crippen MR) is 72.2 cm³/mol. The summed E-state index contributed by atoms with van der Waals surface area (Å²) in [6, 6.07) is 3.26. The molecular weight excluding hydrogens is 260 g/mol. The molecule has 2 unspecified atom stereocenters. The normalized spacial score (nSPS) is 22.1. The number of pyridine rings is 1. The molecule has 0 aromatic carbocycles. The van der Waals surface area contributed by atoms with Gasteiger partial charge in [0, 0.05) is 24.4 Å². The third-order valence-electron chi connectivity index (χ3n) is 3.15. The molecule has 1 aliphatic heterocycles. The van der Waals surface area contributed by atoms with Crippen LogP contribution in [0.3, 0.4) is 0 Å². The number of amides is 1. The van der Waals surface area contributed by atoms with Crippen molar-refractivity contribution in [2.75, 3.05) is 6.61 Å². The second-order valence-electron chi connectivity index (χ2n) is 4.56. The first-order valence-electron chi connectivity index (χ1n) is 6.36. The molecule has 2 N–H and O–H groups in total. The Morgan fingerprint density at radius 3 is 3.00 bits per heavy atom. The van der Waals surface area contributed by atoms with E-state index in [2.05, 4.69) is 10.3 Å². The van der Waals surface area contributed by atoms with Gasteiger partial charge in [-0.3, -0.25) is 9.78 Å². The summed E-state index contributed by atoms with van der Waals surface area (Å²) in [6.45, 7) is 2.53. The number of carbonyl (C=O) groups excluding carboxylic acids is 1. The van der Waals surface area contributed by atoms with Crippen LogP contribution in [0.15, 0.2) is 24.4 Å². The molecule has 1 saturated heterocycles. The van der Waals surface area contributed by atoms with Crippen LogP contribution < -0.4 is 5.32 Å². The number of hydrogen-bond acceptors (Lipinski definition) is 4. The van der Waals surface area contributed by atoms with Crippen LogP contribution in [0.2, 0.25) is 0 Å². The highest BCUT2D eigenvalue weighted by Crippen LogP contribution is 2.14. The third-order valence-corrected chi connectivity index (χ3v) is 3.15. The second kappa shape index (κ2) is 6.29. The first-order chi connectivity index (χ1) is 9.58. The molecule has 106 valence electrons. The van der Waals surface area contributed by atoms with Gasteiger partial charge in [-0.05, 0) is 25.5 Å². The largest absolute Gasteiger partial charge is 0.478 e. The number of carbonyl (C=O) groups is 2. The van der Waals surface area contributed by atoms with Gasteiger partial charge in [0.15, 0.2) is 0 Å². The first-order valence-corrected chi connectivity index (χ1v) is 6.36. The Labute approximate surface area is 116 Å². The van der Waals surface area contributed by atoms with Crippen LogP contribution in [0.5, 0.6) is 0 Å². The zero-order valence-electron chi connectivity index (χ0n) is 11.1. The number of ether oxygens (including phenoxy) is 1. The van der Waals surface area contributed by atoms with E-state index >= 15 is 0 Å². The Kier molecular flexibility index (Phi) is 4.47. The summed E-state index contributed by atoms with van der Waals surface area (Å²) in [4.78, 5) is 26.8. The predicted octanol–water partition coefficient (Wildman–Crippen LogP) is 1.09. The lowest BCUT2D eigenvalue weighted by Crippen LogP contribution is -2.39. The maximum absolute atomic E-state index is 12.2. The fraction of sp³-hybridized carbons (Fsp3) is 0.357. The van der Waals surface area contributed by atoms with E-state index in [1.807, 2.05) is 6.92 Å². The number of aliphatic carboxylic acids is 1. The van der Waals surface area contributed by atoms with Crippen LogP contribution in [0, 0.1) is 0 Å². The second-order valence-corrected chi connectivity index (χ2v) is 4.56. The lowest BCUT2D eigenvalue weighted by Gasteiger charge is -2.16. The Morgan fingerprint density at radius 2 is 2.35 bits per heavy atom. The van der Waals surface area contributed by atoms with Crippen molar-refractivity contribution in [3.05, 3.63) is 35.7 Å². The van der Waals surface area contributed by atoms with Gasteiger partial charge in [0.1, 0.15) is 5.69 Å². The van der Waals surface area contributed by atoms with E-state index in [0.29, 0.717) is 12.2 Å². The van der Waals surface area contributed by atoms with Gasteiger partial charge in [0.25, 0.3) is 5.91 Å². The number of carboxylic acid groups (broad SMARTS) is 1. The standard InChI is InChI=1S/C14H16N2O4/c1-9-11(6-8-20-9)16-14(19)13-10(3-2-7-15-13)4-5-12(17)18/h2-5,7,9,11H,6,8H2,1H3,(H,16,19)(H,17,18)/b5-4+. The van der Waals surface area contributed by atoms with Gasteiger partial charge in [0.05, 0.1) is 12.1 Å². The fourth-order valence-electron chi connectivity index (χ4n) is 2.06. The van der Waals surface area contributed by atoms with Crippen molar-refractivity contribution in [2.24, 2.45) is 0 Å². The molecule has 6 heteroatoms. The summed E-state index contributed by atoms with van der Waals surface area (Å²) in [6.07, 6.45) is 4.58. The van der Waals surface area contributed by atoms with Crippen molar-refractivity contribution in [3.63, 3.8) is 0 Å². The SMILES string of the molecule is CC1OCCC1NC(=O)c1ncccc1/C=C/C(=O)O. The summed E-state index contributed by atoms with van der Waals surface area (Å²) < 4.78 is 5.38. The minimum absolute atomic E-state index is 0.0272. The molecule has 0 spiro atoms. The maximum atomic E-state index is 12.2. The van der Waals surface area contributed by atoms with Crippen LogP contribution >= 0.6 is 0 Å². The number of nitrogens with one attached hydrogen (secondary N) is 1. The van der Waals surface area contributed by atoms with Crippen molar-refractivity contribution >= 4 is 18.0 Å². The topological polar surface area (TPSA) is 88.5 Å². The fourth-order valence-corrected chi connectivity index (χ4v) is 2.06. The average Bonchev–Trinajstić information content (AvgIpc) is 2.82. The molecule has 2 rings (SSSR count). The third kappa shape index (κ3) is 3.42. The van der Waals surface area contributed by atoms with Gasteiger partial charge < -0.3 is 15.2 Å². The number of aromatic nitrogens is 1. The number of carboxylic acids is 1.